The Bertz CT molecular complexity index is 938. The van der Waals surface area contributed by atoms with Gasteiger partial charge in [0.15, 0.2) is 12.4 Å². The lowest BCUT2D eigenvalue weighted by Crippen LogP contribution is -2.46. The third-order valence-corrected chi connectivity index (χ3v) is 5.09. The number of benzene rings is 2. The molecule has 2 aromatic carbocycles. The summed E-state index contributed by atoms with van der Waals surface area (Å²) in [7, 11) is 0. The van der Waals surface area contributed by atoms with Gasteiger partial charge in [0.1, 0.15) is 11.9 Å². The first-order chi connectivity index (χ1) is 13.9. The van der Waals surface area contributed by atoms with Crippen LogP contribution in [0.25, 0.3) is 0 Å². The minimum atomic E-state index is -0.991. The van der Waals surface area contributed by atoms with E-state index >= 15 is 0 Å². The van der Waals surface area contributed by atoms with Crippen LogP contribution in [-0.4, -0.2) is 30.3 Å². The summed E-state index contributed by atoms with van der Waals surface area (Å²) < 4.78 is 19.0. The van der Waals surface area contributed by atoms with Gasteiger partial charge in [-0.05, 0) is 54.5 Å². The van der Waals surface area contributed by atoms with Crippen molar-refractivity contribution in [1.82, 2.24) is 5.32 Å². The highest BCUT2D eigenvalue weighted by Gasteiger charge is 2.28. The number of esters is 1. The van der Waals surface area contributed by atoms with E-state index in [9.17, 15) is 18.8 Å². The topological polar surface area (TPSA) is 72.5 Å². The number of hydrogen-bond acceptors (Lipinski definition) is 4. The zero-order valence-corrected chi connectivity index (χ0v) is 16.5. The van der Waals surface area contributed by atoms with Crippen LogP contribution in [0, 0.1) is 11.7 Å². The van der Waals surface area contributed by atoms with E-state index in [1.165, 1.54) is 35.4 Å². The summed E-state index contributed by atoms with van der Waals surface area (Å²) in [5.41, 5.74) is 2.78. The second kappa shape index (κ2) is 8.99. The van der Waals surface area contributed by atoms with Gasteiger partial charge in [0.2, 0.25) is 0 Å². The molecule has 0 heterocycles. The SMILES string of the molecule is CC(C)C(NC(=O)c1ccccc1F)C(=O)OCC(=O)c1ccc2c(c1)CCC2. The molecule has 29 heavy (non-hydrogen) atoms. The lowest BCUT2D eigenvalue weighted by atomic mass is 10.0. The van der Waals surface area contributed by atoms with Gasteiger partial charge in [-0.2, -0.15) is 0 Å². The summed E-state index contributed by atoms with van der Waals surface area (Å²) in [4.78, 5) is 37.2. The molecule has 152 valence electrons. The highest BCUT2D eigenvalue weighted by molar-refractivity contribution is 5.99. The van der Waals surface area contributed by atoms with Gasteiger partial charge in [-0.1, -0.05) is 38.1 Å². The maximum atomic E-state index is 13.8. The van der Waals surface area contributed by atoms with Crippen molar-refractivity contribution in [2.75, 3.05) is 6.61 Å². The first-order valence-corrected chi connectivity index (χ1v) is 9.74. The summed E-state index contributed by atoms with van der Waals surface area (Å²) in [6.45, 7) is 3.06. The fourth-order valence-electron chi connectivity index (χ4n) is 3.42. The smallest absolute Gasteiger partial charge is 0.329 e. The molecule has 0 aliphatic heterocycles. The second-order valence-corrected chi connectivity index (χ2v) is 7.54. The maximum Gasteiger partial charge on any atom is 0.329 e. The number of hydrogen-bond donors (Lipinski definition) is 1. The molecule has 0 aromatic heterocycles. The molecule has 1 aliphatic carbocycles. The number of ketones is 1. The molecule has 6 heteroatoms. The molecule has 0 radical (unpaired) electrons. The van der Waals surface area contributed by atoms with E-state index in [0.717, 1.165) is 19.3 Å². The van der Waals surface area contributed by atoms with E-state index in [1.807, 2.05) is 12.1 Å². The van der Waals surface area contributed by atoms with Crippen LogP contribution in [-0.2, 0) is 22.4 Å². The monoisotopic (exact) mass is 397 g/mol. The zero-order chi connectivity index (χ0) is 21.0. The Hall–Kier alpha value is -3.02. The predicted molar refractivity (Wildman–Crippen MR) is 106 cm³/mol. The first-order valence-electron chi connectivity index (χ1n) is 9.74. The first kappa shape index (κ1) is 20.7. The molecule has 0 bridgehead atoms. The van der Waals surface area contributed by atoms with Crippen LogP contribution in [0.3, 0.4) is 0 Å². The molecule has 2 aromatic rings. The highest BCUT2D eigenvalue weighted by Crippen LogP contribution is 2.23. The van der Waals surface area contributed by atoms with Gasteiger partial charge in [0.25, 0.3) is 5.91 Å². The van der Waals surface area contributed by atoms with Crippen molar-refractivity contribution in [3.8, 4) is 0 Å². The minimum absolute atomic E-state index is 0.153. The van der Waals surface area contributed by atoms with Crippen molar-refractivity contribution in [3.05, 3.63) is 70.5 Å². The zero-order valence-electron chi connectivity index (χ0n) is 16.5. The van der Waals surface area contributed by atoms with Gasteiger partial charge >= 0.3 is 5.97 Å². The van der Waals surface area contributed by atoms with Gasteiger partial charge in [-0.3, -0.25) is 9.59 Å². The minimum Gasteiger partial charge on any atom is -0.456 e. The molecular formula is C23H24FNO4. The number of halogens is 1. The van der Waals surface area contributed by atoms with Gasteiger partial charge in [0, 0.05) is 5.56 Å². The lowest BCUT2D eigenvalue weighted by molar-refractivity contribution is -0.145. The average Bonchev–Trinajstić information content (AvgIpc) is 3.17. The van der Waals surface area contributed by atoms with E-state index < -0.39 is 30.3 Å². The van der Waals surface area contributed by atoms with Crippen molar-refractivity contribution in [2.24, 2.45) is 5.92 Å². The van der Waals surface area contributed by atoms with Crippen LogP contribution in [0.1, 0.15) is 52.1 Å². The number of ether oxygens (including phenoxy) is 1. The van der Waals surface area contributed by atoms with Crippen LogP contribution in [0.4, 0.5) is 4.39 Å². The molecule has 0 saturated carbocycles. The summed E-state index contributed by atoms with van der Waals surface area (Å²) in [6, 6.07) is 10.1. The quantitative estimate of drug-likeness (QED) is 0.573. The van der Waals surface area contributed by atoms with Crippen molar-refractivity contribution >= 4 is 17.7 Å². The van der Waals surface area contributed by atoms with Crippen LogP contribution in [0.15, 0.2) is 42.5 Å². The van der Waals surface area contributed by atoms with Crippen LogP contribution in [0.2, 0.25) is 0 Å². The Kier molecular flexibility index (Phi) is 6.42. The van der Waals surface area contributed by atoms with Gasteiger partial charge in [-0.15, -0.1) is 0 Å². The molecule has 0 spiro atoms. The molecule has 0 saturated heterocycles. The number of rotatable bonds is 7. The third kappa shape index (κ3) is 4.88. The highest BCUT2D eigenvalue weighted by atomic mass is 19.1. The molecule has 1 unspecified atom stereocenters. The summed E-state index contributed by atoms with van der Waals surface area (Å²) >= 11 is 0. The number of nitrogens with one attached hydrogen (secondary N) is 1. The van der Waals surface area contributed by atoms with E-state index in [0.29, 0.717) is 5.56 Å². The molecule has 1 amide bonds. The number of Topliss-reactive ketones (excluding diaryl/α,β-unsaturated/α-hetero) is 1. The van der Waals surface area contributed by atoms with Gasteiger partial charge in [-0.25, -0.2) is 9.18 Å². The van der Waals surface area contributed by atoms with Crippen LogP contribution < -0.4 is 5.32 Å². The fourth-order valence-corrected chi connectivity index (χ4v) is 3.42. The Morgan fingerprint density at radius 1 is 1.07 bits per heavy atom. The summed E-state index contributed by atoms with van der Waals surface area (Å²) in [5, 5.41) is 2.51. The number of aryl methyl sites for hydroxylation is 2. The van der Waals surface area contributed by atoms with E-state index in [-0.39, 0.29) is 17.3 Å². The summed E-state index contributed by atoms with van der Waals surface area (Å²) in [6.07, 6.45) is 3.06. The Morgan fingerprint density at radius 2 is 1.79 bits per heavy atom. The Morgan fingerprint density at radius 3 is 2.52 bits per heavy atom. The molecule has 5 nitrogen and oxygen atoms in total. The summed E-state index contributed by atoms with van der Waals surface area (Å²) in [5.74, 6) is -2.69. The van der Waals surface area contributed by atoms with Crippen molar-refractivity contribution in [2.45, 2.75) is 39.2 Å². The predicted octanol–water partition coefficient (Wildman–Crippen LogP) is 3.49. The lowest BCUT2D eigenvalue weighted by Gasteiger charge is -2.21. The maximum absolute atomic E-state index is 13.8. The molecule has 3 rings (SSSR count). The van der Waals surface area contributed by atoms with Crippen LogP contribution in [0.5, 0.6) is 0 Å². The van der Waals surface area contributed by atoms with Gasteiger partial charge < -0.3 is 10.1 Å². The number of carbonyl (C=O) groups is 3. The van der Waals surface area contributed by atoms with E-state index in [2.05, 4.69) is 5.32 Å². The van der Waals surface area contributed by atoms with Crippen molar-refractivity contribution in [3.63, 3.8) is 0 Å². The normalized spacial score (nSPS) is 13.7. The van der Waals surface area contributed by atoms with E-state index in [1.54, 1.807) is 19.9 Å². The van der Waals surface area contributed by atoms with E-state index in [4.69, 9.17) is 4.74 Å². The number of fused-ring (bicyclic) bond motifs is 1. The molecule has 1 aliphatic rings. The largest absolute Gasteiger partial charge is 0.456 e. The van der Waals surface area contributed by atoms with Crippen LogP contribution >= 0.6 is 0 Å². The second-order valence-electron chi connectivity index (χ2n) is 7.54. The number of amides is 1. The molecule has 1 N–H and O–H groups in total. The van der Waals surface area contributed by atoms with Crippen molar-refractivity contribution in [1.29, 1.82) is 0 Å². The molecule has 1 atom stereocenters. The Labute approximate surface area is 169 Å². The average molecular weight is 397 g/mol. The Balaban J connectivity index is 1.61. The third-order valence-electron chi connectivity index (χ3n) is 5.09. The van der Waals surface area contributed by atoms with Gasteiger partial charge in [0.05, 0.1) is 5.56 Å². The molecule has 0 fully saturated rings. The molecular weight excluding hydrogens is 373 g/mol. The fraction of sp³-hybridized carbons (Fsp3) is 0.348. The van der Waals surface area contributed by atoms with Crippen molar-refractivity contribution < 1.29 is 23.5 Å². The number of carbonyl (C=O) groups excluding carboxylic acids is 3. The standard InChI is InChI=1S/C23H24FNO4/c1-14(2)21(25-22(27)18-8-3-4-9-19(18)24)23(28)29-13-20(26)17-11-10-15-6-5-7-16(15)12-17/h3-4,8-12,14,21H,5-7,13H2,1-2H3,(H,25,27).